The molecule has 0 radical (unpaired) electrons. The number of halogens is 4. The monoisotopic (exact) mass is 463 g/mol. The molecule has 2 aromatic carbocycles. The van der Waals surface area contributed by atoms with E-state index < -0.39 is 17.6 Å². The highest BCUT2D eigenvalue weighted by Crippen LogP contribution is 2.30. The van der Waals surface area contributed by atoms with Crippen molar-refractivity contribution < 1.29 is 26.8 Å². The second-order valence-electron chi connectivity index (χ2n) is 7.80. The van der Waals surface area contributed by atoms with Crippen molar-refractivity contribution >= 4 is 5.91 Å². The largest absolute Gasteiger partial charge is 0.447 e. The summed E-state index contributed by atoms with van der Waals surface area (Å²) in [4.78, 5) is 18.5. The fraction of sp³-hybridized carbons (Fsp3) is 0.333. The van der Waals surface area contributed by atoms with Gasteiger partial charge in [0.25, 0.3) is 5.91 Å². The van der Waals surface area contributed by atoms with Crippen molar-refractivity contribution in [3.63, 3.8) is 0 Å². The Bertz CT molecular complexity index is 1060. The number of nitrogens with zero attached hydrogens (tertiary/aromatic N) is 2. The van der Waals surface area contributed by atoms with Crippen LogP contribution in [0.5, 0.6) is 0 Å². The molecule has 0 saturated carbocycles. The van der Waals surface area contributed by atoms with Gasteiger partial charge in [0.1, 0.15) is 12.1 Å². The number of hydrogen-bond acceptors (Lipinski definition) is 4. The van der Waals surface area contributed by atoms with Crippen LogP contribution < -0.4 is 5.32 Å². The van der Waals surface area contributed by atoms with Gasteiger partial charge in [-0.25, -0.2) is 9.37 Å². The number of alkyl halides is 3. The molecule has 1 N–H and O–H groups in total. The Morgan fingerprint density at radius 2 is 1.85 bits per heavy atom. The number of nitrogens with one attached hydrogen (secondary N) is 1. The lowest BCUT2D eigenvalue weighted by molar-refractivity contribution is -0.137. The first kappa shape index (κ1) is 24.4. The van der Waals surface area contributed by atoms with E-state index in [-0.39, 0.29) is 43.1 Å². The van der Waals surface area contributed by atoms with E-state index in [0.29, 0.717) is 5.56 Å². The summed E-state index contributed by atoms with van der Waals surface area (Å²) in [6, 6.07) is 11.0. The molecular formula is C24H25F4N3O2. The predicted octanol–water partition coefficient (Wildman–Crippen LogP) is 5.56. The van der Waals surface area contributed by atoms with Crippen LogP contribution in [0.15, 0.2) is 59.2 Å². The Morgan fingerprint density at radius 3 is 2.52 bits per heavy atom. The summed E-state index contributed by atoms with van der Waals surface area (Å²) in [5.74, 6) is -0.515. The van der Waals surface area contributed by atoms with Gasteiger partial charge >= 0.3 is 6.18 Å². The standard InChI is InChI=1S/C24H25F4N3O2/c1-3-16(2)31(13-18-5-4-6-19(11-18)24(26,27)28)14-22-30-21(15-33-22)23(32)29-12-17-7-9-20(25)10-8-17/h4-11,15-16H,3,12-14H2,1-2H3,(H,29,32). The Labute approximate surface area is 189 Å². The first-order valence-electron chi connectivity index (χ1n) is 10.5. The number of oxazole rings is 1. The van der Waals surface area contributed by atoms with E-state index in [2.05, 4.69) is 10.3 Å². The highest BCUT2D eigenvalue weighted by molar-refractivity contribution is 5.91. The fourth-order valence-electron chi connectivity index (χ4n) is 3.24. The lowest BCUT2D eigenvalue weighted by Gasteiger charge is -2.27. The molecule has 1 heterocycles. The van der Waals surface area contributed by atoms with E-state index in [0.717, 1.165) is 24.1 Å². The maximum atomic E-state index is 13.1. The van der Waals surface area contributed by atoms with Crippen LogP contribution in [0.4, 0.5) is 17.6 Å². The number of benzene rings is 2. The van der Waals surface area contributed by atoms with Crippen LogP contribution in [0, 0.1) is 5.82 Å². The van der Waals surface area contributed by atoms with Gasteiger partial charge in [-0.1, -0.05) is 37.3 Å². The molecular weight excluding hydrogens is 438 g/mol. The van der Waals surface area contributed by atoms with Crippen LogP contribution in [-0.2, 0) is 25.8 Å². The molecule has 0 aliphatic rings. The first-order chi connectivity index (χ1) is 15.7. The van der Waals surface area contributed by atoms with Crippen molar-refractivity contribution in [2.24, 2.45) is 0 Å². The zero-order valence-corrected chi connectivity index (χ0v) is 18.3. The Kier molecular flexibility index (Phi) is 7.86. The molecule has 0 fully saturated rings. The van der Waals surface area contributed by atoms with Gasteiger partial charge in [-0.2, -0.15) is 13.2 Å². The zero-order chi connectivity index (χ0) is 24.0. The van der Waals surface area contributed by atoms with Crippen LogP contribution in [0.2, 0.25) is 0 Å². The van der Waals surface area contributed by atoms with E-state index in [1.165, 1.54) is 24.5 Å². The number of amides is 1. The molecule has 0 bridgehead atoms. The molecule has 9 heteroatoms. The van der Waals surface area contributed by atoms with E-state index in [4.69, 9.17) is 4.42 Å². The van der Waals surface area contributed by atoms with Gasteiger partial charge in [0.15, 0.2) is 5.69 Å². The van der Waals surface area contributed by atoms with Crippen molar-refractivity contribution in [3.05, 3.63) is 88.9 Å². The summed E-state index contributed by atoms with van der Waals surface area (Å²) >= 11 is 0. The topological polar surface area (TPSA) is 58.4 Å². The van der Waals surface area contributed by atoms with E-state index in [9.17, 15) is 22.4 Å². The van der Waals surface area contributed by atoms with Gasteiger partial charge in [-0.05, 0) is 42.7 Å². The molecule has 1 aromatic heterocycles. The van der Waals surface area contributed by atoms with Crippen LogP contribution in [0.3, 0.4) is 0 Å². The molecule has 0 aliphatic carbocycles. The fourth-order valence-corrected chi connectivity index (χ4v) is 3.24. The van der Waals surface area contributed by atoms with Crippen molar-refractivity contribution in [3.8, 4) is 0 Å². The Morgan fingerprint density at radius 1 is 1.12 bits per heavy atom. The van der Waals surface area contributed by atoms with Crippen molar-refractivity contribution in [1.29, 1.82) is 0 Å². The van der Waals surface area contributed by atoms with Gasteiger partial charge in [-0.3, -0.25) is 9.69 Å². The predicted molar refractivity (Wildman–Crippen MR) is 115 cm³/mol. The highest BCUT2D eigenvalue weighted by Gasteiger charge is 2.30. The number of carbonyl (C=O) groups is 1. The normalized spacial score (nSPS) is 12.7. The number of hydrogen-bond donors (Lipinski definition) is 1. The third-order valence-electron chi connectivity index (χ3n) is 5.34. The summed E-state index contributed by atoms with van der Waals surface area (Å²) < 4.78 is 57.6. The minimum absolute atomic E-state index is 0.0437. The molecule has 0 aliphatic heterocycles. The maximum Gasteiger partial charge on any atom is 0.416 e. The molecule has 5 nitrogen and oxygen atoms in total. The molecule has 33 heavy (non-hydrogen) atoms. The number of carbonyl (C=O) groups excluding carboxylic acids is 1. The van der Waals surface area contributed by atoms with Crippen LogP contribution >= 0.6 is 0 Å². The molecule has 3 rings (SSSR count). The molecule has 3 aromatic rings. The minimum Gasteiger partial charge on any atom is -0.447 e. The van der Waals surface area contributed by atoms with Gasteiger partial charge in [-0.15, -0.1) is 0 Å². The number of rotatable bonds is 9. The third kappa shape index (κ3) is 6.89. The summed E-state index contributed by atoms with van der Waals surface area (Å²) in [6.45, 7) is 4.65. The van der Waals surface area contributed by atoms with Crippen molar-refractivity contribution in [1.82, 2.24) is 15.2 Å². The quantitative estimate of drug-likeness (QED) is 0.422. The second kappa shape index (κ2) is 10.6. The zero-order valence-electron chi connectivity index (χ0n) is 18.3. The van der Waals surface area contributed by atoms with Crippen LogP contribution in [0.25, 0.3) is 0 Å². The summed E-state index contributed by atoms with van der Waals surface area (Å²) in [7, 11) is 0. The smallest absolute Gasteiger partial charge is 0.416 e. The molecule has 0 spiro atoms. The second-order valence-corrected chi connectivity index (χ2v) is 7.80. The van der Waals surface area contributed by atoms with E-state index in [1.807, 2.05) is 18.7 Å². The molecule has 0 saturated heterocycles. The Hall–Kier alpha value is -3.20. The van der Waals surface area contributed by atoms with Gasteiger partial charge in [0.2, 0.25) is 5.89 Å². The summed E-state index contributed by atoms with van der Waals surface area (Å²) in [5, 5.41) is 2.69. The summed E-state index contributed by atoms with van der Waals surface area (Å²) in [6.07, 6.45) is -2.39. The van der Waals surface area contributed by atoms with E-state index >= 15 is 0 Å². The lowest BCUT2D eigenvalue weighted by Crippen LogP contribution is -2.32. The highest BCUT2D eigenvalue weighted by atomic mass is 19.4. The average Bonchev–Trinajstić information content (AvgIpc) is 3.26. The minimum atomic E-state index is -4.41. The van der Waals surface area contributed by atoms with Crippen LogP contribution in [0.1, 0.15) is 53.3 Å². The van der Waals surface area contributed by atoms with Gasteiger partial charge in [0.05, 0.1) is 12.1 Å². The molecule has 1 amide bonds. The van der Waals surface area contributed by atoms with Crippen molar-refractivity contribution in [2.75, 3.05) is 0 Å². The number of aromatic nitrogens is 1. The SMILES string of the molecule is CCC(C)N(Cc1cccc(C(F)(F)F)c1)Cc1nc(C(=O)NCc2ccc(F)cc2)co1. The molecule has 176 valence electrons. The Balaban J connectivity index is 1.65. The third-order valence-corrected chi connectivity index (χ3v) is 5.34. The lowest BCUT2D eigenvalue weighted by atomic mass is 10.1. The summed E-state index contributed by atoms with van der Waals surface area (Å²) in [5.41, 5.74) is 0.655. The maximum absolute atomic E-state index is 13.1. The average molecular weight is 463 g/mol. The van der Waals surface area contributed by atoms with Gasteiger partial charge in [0, 0.05) is 19.1 Å². The van der Waals surface area contributed by atoms with Crippen molar-refractivity contribution in [2.45, 2.75) is 52.1 Å². The first-order valence-corrected chi connectivity index (χ1v) is 10.5. The molecule has 1 atom stereocenters. The molecule has 1 unspecified atom stereocenters. The van der Waals surface area contributed by atoms with Crippen LogP contribution in [-0.4, -0.2) is 21.8 Å². The van der Waals surface area contributed by atoms with E-state index in [1.54, 1.807) is 18.2 Å². The van der Waals surface area contributed by atoms with Gasteiger partial charge < -0.3 is 9.73 Å².